The third-order valence-electron chi connectivity index (χ3n) is 4.57. The van der Waals surface area contributed by atoms with Crippen molar-refractivity contribution in [2.75, 3.05) is 26.0 Å². The number of amides is 2. The zero-order valence-electron chi connectivity index (χ0n) is 15.6. The van der Waals surface area contributed by atoms with Crippen LogP contribution in [0.4, 0.5) is 5.69 Å². The molecular formula is C21H22N2O5. The zero-order valence-corrected chi connectivity index (χ0v) is 15.6. The molecule has 2 N–H and O–H groups in total. The number of imide groups is 1. The van der Waals surface area contributed by atoms with Gasteiger partial charge in [0.05, 0.1) is 24.8 Å². The molecule has 0 spiro atoms. The highest BCUT2D eigenvalue weighted by Crippen LogP contribution is 2.24. The molecule has 1 aliphatic rings. The number of unbranched alkanes of at least 4 members (excludes halogenated alkanes) is 2. The van der Waals surface area contributed by atoms with E-state index in [4.69, 9.17) is 15.2 Å². The van der Waals surface area contributed by atoms with Crippen molar-refractivity contribution < 1.29 is 23.9 Å². The summed E-state index contributed by atoms with van der Waals surface area (Å²) in [6, 6.07) is 11.7. The third kappa shape index (κ3) is 3.98. The maximum atomic E-state index is 12.3. The second-order valence-electron chi connectivity index (χ2n) is 6.46. The van der Waals surface area contributed by atoms with Crippen LogP contribution in [0.2, 0.25) is 0 Å². The van der Waals surface area contributed by atoms with Crippen LogP contribution < -0.4 is 10.5 Å². The van der Waals surface area contributed by atoms with E-state index in [0.29, 0.717) is 48.6 Å². The lowest BCUT2D eigenvalue weighted by atomic mass is 10.1. The van der Waals surface area contributed by atoms with Crippen molar-refractivity contribution in [2.24, 2.45) is 0 Å². The second-order valence-corrected chi connectivity index (χ2v) is 6.46. The van der Waals surface area contributed by atoms with Crippen LogP contribution in [0.25, 0.3) is 0 Å². The number of ether oxygens (including phenoxy) is 2. The number of rotatable bonds is 8. The third-order valence-corrected chi connectivity index (χ3v) is 4.57. The van der Waals surface area contributed by atoms with Gasteiger partial charge in [-0.2, -0.15) is 0 Å². The van der Waals surface area contributed by atoms with Gasteiger partial charge in [0, 0.05) is 12.2 Å². The first kappa shape index (κ1) is 19.4. The normalized spacial score (nSPS) is 12.8. The lowest BCUT2D eigenvalue weighted by molar-refractivity contribution is 0.0594. The Labute approximate surface area is 163 Å². The van der Waals surface area contributed by atoms with Crippen molar-refractivity contribution in [3.8, 4) is 5.75 Å². The number of esters is 1. The predicted octanol–water partition coefficient (Wildman–Crippen LogP) is 2.90. The van der Waals surface area contributed by atoms with E-state index in [0.717, 1.165) is 6.42 Å². The van der Waals surface area contributed by atoms with Crippen molar-refractivity contribution in [1.29, 1.82) is 0 Å². The lowest BCUT2D eigenvalue weighted by Gasteiger charge is -2.14. The van der Waals surface area contributed by atoms with Crippen molar-refractivity contribution in [1.82, 2.24) is 4.90 Å². The summed E-state index contributed by atoms with van der Waals surface area (Å²) in [7, 11) is 1.30. The highest BCUT2D eigenvalue weighted by atomic mass is 16.5. The minimum absolute atomic E-state index is 0.235. The Bertz CT molecular complexity index is 874. The van der Waals surface area contributed by atoms with E-state index in [1.54, 1.807) is 36.4 Å². The Morgan fingerprint density at radius 3 is 2.32 bits per heavy atom. The Kier molecular flexibility index (Phi) is 5.93. The average Bonchev–Trinajstić information content (AvgIpc) is 2.95. The largest absolute Gasteiger partial charge is 0.493 e. The number of methoxy groups -OCH3 is 1. The number of nitrogens with two attached hydrogens (primary N) is 1. The Hall–Kier alpha value is -3.35. The Morgan fingerprint density at radius 1 is 1.00 bits per heavy atom. The molecule has 0 saturated heterocycles. The quantitative estimate of drug-likeness (QED) is 0.326. The van der Waals surface area contributed by atoms with Gasteiger partial charge >= 0.3 is 5.97 Å². The molecule has 0 radical (unpaired) electrons. The van der Waals surface area contributed by atoms with Crippen molar-refractivity contribution in [3.63, 3.8) is 0 Å². The van der Waals surface area contributed by atoms with Crippen LogP contribution in [0.1, 0.15) is 50.3 Å². The van der Waals surface area contributed by atoms with Crippen molar-refractivity contribution in [3.05, 3.63) is 59.2 Å². The zero-order chi connectivity index (χ0) is 20.1. The molecule has 0 saturated carbocycles. The van der Waals surface area contributed by atoms with Gasteiger partial charge in [0.15, 0.2) is 0 Å². The summed E-state index contributed by atoms with van der Waals surface area (Å²) in [6.07, 6.45) is 2.17. The van der Waals surface area contributed by atoms with Crippen LogP contribution in [0.3, 0.4) is 0 Å². The molecule has 0 unspecified atom stereocenters. The highest BCUT2D eigenvalue weighted by Gasteiger charge is 2.34. The van der Waals surface area contributed by atoms with Gasteiger partial charge in [0.25, 0.3) is 11.8 Å². The maximum absolute atomic E-state index is 12.3. The van der Waals surface area contributed by atoms with Gasteiger partial charge in [-0.05, 0) is 49.6 Å². The summed E-state index contributed by atoms with van der Waals surface area (Å²) < 4.78 is 10.4. The summed E-state index contributed by atoms with van der Waals surface area (Å²) >= 11 is 0. The number of nitrogens with zero attached hydrogens (tertiary/aromatic N) is 1. The number of fused-ring (bicyclic) bond motifs is 1. The van der Waals surface area contributed by atoms with Crippen LogP contribution in [-0.2, 0) is 4.74 Å². The molecule has 2 aromatic carbocycles. The molecule has 0 bridgehead atoms. The monoisotopic (exact) mass is 382 g/mol. The number of carbonyl (C=O) groups is 3. The number of hydrogen-bond acceptors (Lipinski definition) is 6. The summed E-state index contributed by atoms with van der Waals surface area (Å²) in [4.78, 5) is 37.7. The molecule has 2 amide bonds. The number of nitrogen functional groups attached to an aromatic ring is 1. The number of carbonyl (C=O) groups excluding carboxylic acids is 3. The lowest BCUT2D eigenvalue weighted by Crippen LogP contribution is -2.30. The highest BCUT2D eigenvalue weighted by molar-refractivity contribution is 6.21. The molecule has 7 heteroatoms. The van der Waals surface area contributed by atoms with E-state index < -0.39 is 5.97 Å². The summed E-state index contributed by atoms with van der Waals surface area (Å²) in [6.45, 7) is 0.775. The smallest absolute Gasteiger partial charge is 0.341 e. The number of benzene rings is 2. The van der Waals surface area contributed by atoms with Gasteiger partial charge < -0.3 is 15.2 Å². The summed E-state index contributed by atoms with van der Waals surface area (Å²) in [5.74, 6) is -0.558. The fourth-order valence-electron chi connectivity index (χ4n) is 3.12. The van der Waals surface area contributed by atoms with Crippen LogP contribution in [-0.4, -0.2) is 42.9 Å². The molecule has 0 aromatic heterocycles. The van der Waals surface area contributed by atoms with E-state index >= 15 is 0 Å². The first-order chi connectivity index (χ1) is 13.5. The molecule has 1 heterocycles. The van der Waals surface area contributed by atoms with Crippen LogP contribution in [0, 0.1) is 0 Å². The van der Waals surface area contributed by atoms with Gasteiger partial charge in [-0.15, -0.1) is 0 Å². The molecule has 0 atom stereocenters. The van der Waals surface area contributed by atoms with Gasteiger partial charge in [-0.3, -0.25) is 14.5 Å². The minimum atomic E-state index is -0.507. The number of hydrogen-bond donors (Lipinski definition) is 1. The predicted molar refractivity (Wildman–Crippen MR) is 103 cm³/mol. The van der Waals surface area contributed by atoms with E-state index in [1.807, 2.05) is 0 Å². The van der Waals surface area contributed by atoms with Gasteiger partial charge in [-0.25, -0.2) is 4.79 Å². The first-order valence-electron chi connectivity index (χ1n) is 9.09. The second kappa shape index (κ2) is 8.56. The minimum Gasteiger partial charge on any atom is -0.493 e. The van der Waals surface area contributed by atoms with Gasteiger partial charge in [-0.1, -0.05) is 12.1 Å². The molecule has 1 aliphatic heterocycles. The fraction of sp³-hybridized carbons (Fsp3) is 0.286. The SMILES string of the molecule is COC(=O)c1cc(N)ccc1OCCCCCN1C(=O)c2ccccc2C1=O. The Morgan fingerprint density at radius 2 is 1.68 bits per heavy atom. The van der Waals surface area contributed by atoms with E-state index in [9.17, 15) is 14.4 Å². The summed E-state index contributed by atoms with van der Waals surface area (Å²) in [5.41, 5.74) is 7.38. The molecular weight excluding hydrogens is 360 g/mol. The van der Waals surface area contributed by atoms with Gasteiger partial charge in [0.2, 0.25) is 0 Å². The topological polar surface area (TPSA) is 98.9 Å². The maximum Gasteiger partial charge on any atom is 0.341 e. The van der Waals surface area contributed by atoms with Crippen LogP contribution >= 0.6 is 0 Å². The van der Waals surface area contributed by atoms with E-state index in [1.165, 1.54) is 18.1 Å². The van der Waals surface area contributed by atoms with Crippen molar-refractivity contribution >= 4 is 23.5 Å². The first-order valence-corrected chi connectivity index (χ1v) is 9.09. The molecule has 0 aliphatic carbocycles. The van der Waals surface area contributed by atoms with Gasteiger partial charge in [0.1, 0.15) is 11.3 Å². The fourth-order valence-corrected chi connectivity index (χ4v) is 3.12. The molecule has 0 fully saturated rings. The standard InChI is InChI=1S/C21H22N2O5/c1-27-21(26)17-13-14(22)9-10-18(17)28-12-6-2-5-11-23-19(24)15-7-3-4-8-16(15)20(23)25/h3-4,7-10,13H,2,5-6,11-12,22H2,1H3. The molecule has 7 nitrogen and oxygen atoms in total. The average molecular weight is 382 g/mol. The van der Waals surface area contributed by atoms with Crippen LogP contribution in [0.5, 0.6) is 5.75 Å². The summed E-state index contributed by atoms with van der Waals surface area (Å²) in [5, 5.41) is 0. The molecule has 2 aromatic rings. The van der Waals surface area contributed by atoms with Crippen molar-refractivity contribution in [2.45, 2.75) is 19.3 Å². The number of anilines is 1. The molecule has 28 heavy (non-hydrogen) atoms. The Balaban J connectivity index is 1.45. The molecule has 146 valence electrons. The van der Waals surface area contributed by atoms with E-state index in [-0.39, 0.29) is 17.4 Å². The van der Waals surface area contributed by atoms with Crippen LogP contribution in [0.15, 0.2) is 42.5 Å². The van der Waals surface area contributed by atoms with E-state index in [2.05, 4.69) is 0 Å². The molecule has 3 rings (SSSR count).